The molecule has 0 aliphatic heterocycles. The molecule has 6 heteroatoms. The molecular formula is C25H35FN2O2S. The van der Waals surface area contributed by atoms with Crippen LogP contribution in [0.5, 0.6) is 0 Å². The number of unbranched alkanes of at least 4 members (excludes halogenated alkanes) is 3. The van der Waals surface area contributed by atoms with Crippen LogP contribution in [0.15, 0.2) is 35.7 Å². The Bertz CT molecular complexity index is 819. The van der Waals surface area contributed by atoms with Gasteiger partial charge in [0.2, 0.25) is 11.8 Å². The Labute approximate surface area is 190 Å². The first-order valence-electron chi connectivity index (χ1n) is 11.3. The fourth-order valence-electron chi connectivity index (χ4n) is 3.47. The van der Waals surface area contributed by atoms with Crippen molar-refractivity contribution in [1.29, 1.82) is 0 Å². The fraction of sp³-hybridized carbons (Fsp3) is 0.520. The van der Waals surface area contributed by atoms with Gasteiger partial charge >= 0.3 is 0 Å². The summed E-state index contributed by atoms with van der Waals surface area (Å²) in [6, 6.07) is 8.29. The lowest BCUT2D eigenvalue weighted by atomic mass is 10.1. The van der Waals surface area contributed by atoms with Crippen molar-refractivity contribution in [3.63, 3.8) is 0 Å². The van der Waals surface area contributed by atoms with Gasteiger partial charge in [-0.15, -0.1) is 11.3 Å². The molecule has 2 rings (SSSR count). The number of thiophene rings is 1. The SMILES string of the molecule is CCCCCCC(=O)N(CCC)CC(=O)N(Cc1ccc(F)cc1)Cc1sccc1C. The van der Waals surface area contributed by atoms with Gasteiger partial charge in [0.1, 0.15) is 5.82 Å². The first kappa shape index (κ1) is 25.1. The molecule has 4 nitrogen and oxygen atoms in total. The van der Waals surface area contributed by atoms with Crippen molar-refractivity contribution in [3.8, 4) is 0 Å². The molecule has 2 amide bonds. The maximum absolute atomic E-state index is 13.3. The van der Waals surface area contributed by atoms with Crippen LogP contribution in [0.3, 0.4) is 0 Å². The summed E-state index contributed by atoms with van der Waals surface area (Å²) < 4.78 is 13.3. The number of hydrogen-bond donors (Lipinski definition) is 0. The van der Waals surface area contributed by atoms with Gasteiger partial charge in [-0.1, -0.05) is 45.2 Å². The molecule has 0 fully saturated rings. The van der Waals surface area contributed by atoms with Gasteiger partial charge in [-0.05, 0) is 54.5 Å². The van der Waals surface area contributed by atoms with E-state index in [1.807, 2.05) is 25.3 Å². The average molecular weight is 447 g/mol. The van der Waals surface area contributed by atoms with Crippen LogP contribution < -0.4 is 0 Å². The van der Waals surface area contributed by atoms with Gasteiger partial charge in [-0.3, -0.25) is 9.59 Å². The maximum Gasteiger partial charge on any atom is 0.242 e. The third kappa shape index (κ3) is 8.44. The molecular weight excluding hydrogens is 411 g/mol. The molecule has 0 spiro atoms. The molecule has 1 aromatic carbocycles. The second kappa shape index (κ2) is 13.3. The van der Waals surface area contributed by atoms with Gasteiger partial charge in [0, 0.05) is 24.4 Å². The number of nitrogens with zero attached hydrogens (tertiary/aromatic N) is 2. The molecule has 1 aromatic heterocycles. The Morgan fingerprint density at radius 3 is 2.26 bits per heavy atom. The second-order valence-corrected chi connectivity index (χ2v) is 9.03. The standard InChI is InChI=1S/C25H35FN2O2S/c1-4-6-7-8-9-24(29)27(15-5-2)19-25(30)28(18-23-20(3)14-16-31-23)17-21-10-12-22(26)13-11-21/h10-14,16H,4-9,15,17-19H2,1-3H3. The molecule has 2 aromatic rings. The van der Waals surface area contributed by atoms with E-state index in [1.54, 1.807) is 33.3 Å². The Morgan fingerprint density at radius 2 is 1.65 bits per heavy atom. The molecule has 0 atom stereocenters. The van der Waals surface area contributed by atoms with Crippen LogP contribution in [0.1, 0.15) is 68.4 Å². The quantitative estimate of drug-likeness (QED) is 0.358. The Morgan fingerprint density at radius 1 is 0.903 bits per heavy atom. The minimum atomic E-state index is -0.293. The van der Waals surface area contributed by atoms with E-state index in [1.165, 1.54) is 12.1 Å². The lowest BCUT2D eigenvalue weighted by Gasteiger charge is -2.28. The molecule has 0 saturated heterocycles. The first-order chi connectivity index (χ1) is 14.9. The predicted octanol–water partition coefficient (Wildman–Crippen LogP) is 5.93. The van der Waals surface area contributed by atoms with E-state index in [4.69, 9.17) is 0 Å². The molecule has 0 aliphatic carbocycles. The molecule has 170 valence electrons. The van der Waals surface area contributed by atoms with Gasteiger partial charge in [0.15, 0.2) is 0 Å². The van der Waals surface area contributed by atoms with Crippen molar-refractivity contribution < 1.29 is 14.0 Å². The zero-order valence-electron chi connectivity index (χ0n) is 19.0. The largest absolute Gasteiger partial charge is 0.333 e. The van der Waals surface area contributed by atoms with Crippen LogP contribution in [0.4, 0.5) is 4.39 Å². The second-order valence-electron chi connectivity index (χ2n) is 8.03. The molecule has 0 bridgehead atoms. The van der Waals surface area contributed by atoms with Crippen LogP contribution in [-0.2, 0) is 22.7 Å². The minimum absolute atomic E-state index is 0.0559. The van der Waals surface area contributed by atoms with E-state index < -0.39 is 0 Å². The number of carbonyl (C=O) groups excluding carboxylic acids is 2. The first-order valence-corrected chi connectivity index (χ1v) is 12.2. The van der Waals surface area contributed by atoms with Gasteiger partial charge < -0.3 is 9.80 Å². The number of halogens is 1. The number of carbonyl (C=O) groups is 2. The van der Waals surface area contributed by atoms with Crippen molar-refractivity contribution in [2.45, 2.75) is 72.4 Å². The highest BCUT2D eigenvalue weighted by Gasteiger charge is 2.22. The van der Waals surface area contributed by atoms with E-state index >= 15 is 0 Å². The van der Waals surface area contributed by atoms with E-state index in [0.717, 1.165) is 48.1 Å². The molecule has 0 radical (unpaired) electrons. The molecule has 1 heterocycles. The minimum Gasteiger partial charge on any atom is -0.333 e. The highest BCUT2D eigenvalue weighted by Crippen LogP contribution is 2.20. The summed E-state index contributed by atoms with van der Waals surface area (Å²) in [5.41, 5.74) is 2.02. The number of hydrogen-bond acceptors (Lipinski definition) is 3. The van der Waals surface area contributed by atoms with Crippen LogP contribution in [0, 0.1) is 12.7 Å². The summed E-state index contributed by atoms with van der Waals surface area (Å²) in [7, 11) is 0. The summed E-state index contributed by atoms with van der Waals surface area (Å²) in [6.07, 6.45) is 5.49. The molecule has 0 N–H and O–H groups in total. The summed E-state index contributed by atoms with van der Waals surface area (Å²) >= 11 is 1.63. The summed E-state index contributed by atoms with van der Waals surface area (Å²) in [6.45, 7) is 7.76. The number of aryl methyl sites for hydroxylation is 1. The van der Waals surface area contributed by atoms with Gasteiger partial charge in [0.25, 0.3) is 0 Å². The van der Waals surface area contributed by atoms with Gasteiger partial charge in [0.05, 0.1) is 13.1 Å². The smallest absolute Gasteiger partial charge is 0.242 e. The van der Waals surface area contributed by atoms with Gasteiger partial charge in [-0.25, -0.2) is 4.39 Å². The summed E-state index contributed by atoms with van der Waals surface area (Å²) in [5.74, 6) is -0.314. The normalized spacial score (nSPS) is 10.8. The zero-order valence-corrected chi connectivity index (χ0v) is 19.8. The topological polar surface area (TPSA) is 40.6 Å². The van der Waals surface area contributed by atoms with Crippen molar-refractivity contribution in [2.24, 2.45) is 0 Å². The zero-order chi connectivity index (χ0) is 22.6. The lowest BCUT2D eigenvalue weighted by Crippen LogP contribution is -2.42. The Balaban J connectivity index is 2.10. The number of benzene rings is 1. The van der Waals surface area contributed by atoms with E-state index in [2.05, 4.69) is 6.92 Å². The Hall–Kier alpha value is -2.21. The molecule has 0 aliphatic rings. The van der Waals surface area contributed by atoms with Crippen molar-refractivity contribution in [2.75, 3.05) is 13.1 Å². The monoisotopic (exact) mass is 446 g/mol. The van der Waals surface area contributed by atoms with Crippen LogP contribution >= 0.6 is 11.3 Å². The van der Waals surface area contributed by atoms with Crippen LogP contribution in [0.2, 0.25) is 0 Å². The number of amides is 2. The molecule has 31 heavy (non-hydrogen) atoms. The van der Waals surface area contributed by atoms with E-state index in [-0.39, 0.29) is 24.2 Å². The average Bonchev–Trinajstić information content (AvgIpc) is 3.16. The van der Waals surface area contributed by atoms with Crippen molar-refractivity contribution >= 4 is 23.2 Å². The van der Waals surface area contributed by atoms with Crippen LogP contribution in [0.25, 0.3) is 0 Å². The van der Waals surface area contributed by atoms with Crippen molar-refractivity contribution in [3.05, 3.63) is 57.5 Å². The Kier molecular flexibility index (Phi) is 10.7. The molecule has 0 unspecified atom stereocenters. The summed E-state index contributed by atoms with van der Waals surface area (Å²) in [4.78, 5) is 30.6. The highest BCUT2D eigenvalue weighted by molar-refractivity contribution is 7.10. The fourth-order valence-corrected chi connectivity index (χ4v) is 4.39. The maximum atomic E-state index is 13.3. The van der Waals surface area contributed by atoms with E-state index in [9.17, 15) is 14.0 Å². The molecule has 0 saturated carbocycles. The third-order valence-electron chi connectivity index (χ3n) is 5.36. The van der Waals surface area contributed by atoms with Crippen LogP contribution in [-0.4, -0.2) is 34.7 Å². The van der Waals surface area contributed by atoms with E-state index in [0.29, 0.717) is 26.1 Å². The highest BCUT2D eigenvalue weighted by atomic mass is 32.1. The third-order valence-corrected chi connectivity index (χ3v) is 6.37. The lowest BCUT2D eigenvalue weighted by molar-refractivity contribution is -0.141. The number of rotatable bonds is 13. The summed E-state index contributed by atoms with van der Waals surface area (Å²) in [5, 5.41) is 2.02. The van der Waals surface area contributed by atoms with Gasteiger partial charge in [-0.2, -0.15) is 0 Å². The predicted molar refractivity (Wildman–Crippen MR) is 125 cm³/mol. The van der Waals surface area contributed by atoms with Crippen molar-refractivity contribution in [1.82, 2.24) is 9.80 Å².